The van der Waals surface area contributed by atoms with E-state index in [-0.39, 0.29) is 5.41 Å². The minimum atomic E-state index is -2.82. The standard InChI is InChI=1S/C10H23NO2S/c1-5-10(6-2,9-11-3)7-8-14(4,12)13/h11H,5-9H2,1-4H3. The van der Waals surface area contributed by atoms with Crippen molar-refractivity contribution in [1.29, 1.82) is 0 Å². The van der Waals surface area contributed by atoms with Gasteiger partial charge in [0, 0.05) is 12.8 Å². The molecule has 0 aliphatic rings. The number of hydrogen-bond acceptors (Lipinski definition) is 3. The lowest BCUT2D eigenvalue weighted by Gasteiger charge is -2.31. The van der Waals surface area contributed by atoms with Gasteiger partial charge in [0.05, 0.1) is 5.75 Å². The van der Waals surface area contributed by atoms with E-state index < -0.39 is 9.84 Å². The minimum Gasteiger partial charge on any atom is -0.319 e. The van der Waals surface area contributed by atoms with Gasteiger partial charge in [0.25, 0.3) is 0 Å². The van der Waals surface area contributed by atoms with Gasteiger partial charge in [-0.1, -0.05) is 13.8 Å². The molecule has 0 aromatic rings. The molecule has 0 fully saturated rings. The summed E-state index contributed by atoms with van der Waals surface area (Å²) in [7, 11) is -0.906. The van der Waals surface area contributed by atoms with Crippen LogP contribution in [-0.2, 0) is 9.84 Å². The van der Waals surface area contributed by atoms with Crippen LogP contribution in [0, 0.1) is 5.41 Å². The van der Waals surface area contributed by atoms with E-state index in [4.69, 9.17) is 0 Å². The van der Waals surface area contributed by atoms with Crippen LogP contribution < -0.4 is 5.32 Å². The Hall–Kier alpha value is -0.0900. The Labute approximate surface area is 88.2 Å². The first-order chi connectivity index (χ1) is 6.39. The summed E-state index contributed by atoms with van der Waals surface area (Å²) in [6, 6.07) is 0. The molecule has 0 radical (unpaired) electrons. The van der Waals surface area contributed by atoms with Crippen LogP contribution in [0.25, 0.3) is 0 Å². The smallest absolute Gasteiger partial charge is 0.147 e. The third kappa shape index (κ3) is 4.96. The first kappa shape index (κ1) is 13.9. The van der Waals surface area contributed by atoms with Crippen molar-refractivity contribution < 1.29 is 8.42 Å². The minimum absolute atomic E-state index is 0.151. The van der Waals surface area contributed by atoms with Gasteiger partial charge in [0.2, 0.25) is 0 Å². The molecule has 1 N–H and O–H groups in total. The molecule has 3 nitrogen and oxygen atoms in total. The van der Waals surface area contributed by atoms with E-state index in [1.165, 1.54) is 6.26 Å². The second-order valence-corrected chi connectivity index (χ2v) is 6.38. The number of hydrogen-bond donors (Lipinski definition) is 1. The summed E-state index contributed by atoms with van der Waals surface area (Å²) in [4.78, 5) is 0. The third-order valence-corrected chi connectivity index (χ3v) is 4.00. The molecule has 0 heterocycles. The molecule has 4 heteroatoms. The maximum absolute atomic E-state index is 11.1. The highest BCUT2D eigenvalue weighted by molar-refractivity contribution is 7.90. The van der Waals surface area contributed by atoms with Gasteiger partial charge in [-0.25, -0.2) is 8.42 Å². The van der Waals surface area contributed by atoms with Gasteiger partial charge in [-0.2, -0.15) is 0 Å². The van der Waals surface area contributed by atoms with Crippen molar-refractivity contribution in [2.45, 2.75) is 33.1 Å². The Balaban J connectivity index is 4.35. The van der Waals surface area contributed by atoms with Crippen LogP contribution in [0.5, 0.6) is 0 Å². The van der Waals surface area contributed by atoms with Crippen LogP contribution in [0.1, 0.15) is 33.1 Å². The zero-order chi connectivity index (χ0) is 11.2. The number of rotatable bonds is 7. The van der Waals surface area contributed by atoms with Crippen molar-refractivity contribution in [2.75, 3.05) is 25.6 Å². The van der Waals surface area contributed by atoms with E-state index >= 15 is 0 Å². The molecule has 0 spiro atoms. The summed E-state index contributed by atoms with van der Waals surface area (Å²) in [6.07, 6.45) is 4.13. The molecule has 14 heavy (non-hydrogen) atoms. The molecule has 0 saturated heterocycles. The van der Waals surface area contributed by atoms with Crippen LogP contribution >= 0.6 is 0 Å². The monoisotopic (exact) mass is 221 g/mol. The lowest BCUT2D eigenvalue weighted by Crippen LogP contribution is -2.33. The summed E-state index contributed by atoms with van der Waals surface area (Å²) >= 11 is 0. The second-order valence-electron chi connectivity index (χ2n) is 4.12. The van der Waals surface area contributed by atoms with E-state index in [1.54, 1.807) is 0 Å². The fourth-order valence-electron chi connectivity index (χ4n) is 1.72. The van der Waals surface area contributed by atoms with Crippen molar-refractivity contribution in [2.24, 2.45) is 5.41 Å². The molecule has 0 unspecified atom stereocenters. The Morgan fingerprint density at radius 3 is 2.00 bits per heavy atom. The normalized spacial score (nSPS) is 13.1. The lowest BCUT2D eigenvalue weighted by atomic mass is 9.80. The van der Waals surface area contributed by atoms with E-state index in [0.717, 1.165) is 25.8 Å². The van der Waals surface area contributed by atoms with Crippen molar-refractivity contribution in [1.82, 2.24) is 5.32 Å². The zero-order valence-corrected chi connectivity index (χ0v) is 10.6. The van der Waals surface area contributed by atoms with E-state index in [9.17, 15) is 8.42 Å². The summed E-state index contributed by atoms with van der Waals surface area (Å²) in [5, 5.41) is 3.15. The first-order valence-electron chi connectivity index (χ1n) is 5.21. The predicted octanol–water partition coefficient (Wildman–Crippen LogP) is 1.45. The molecular weight excluding hydrogens is 198 g/mol. The molecule has 0 bridgehead atoms. The van der Waals surface area contributed by atoms with Gasteiger partial charge in [-0.05, 0) is 31.7 Å². The summed E-state index contributed by atoms with van der Waals surface area (Å²) in [5.41, 5.74) is 0.151. The zero-order valence-electron chi connectivity index (χ0n) is 9.76. The Kier molecular flexibility index (Phi) is 5.67. The summed E-state index contributed by atoms with van der Waals surface area (Å²) < 4.78 is 22.2. The maximum atomic E-state index is 11.1. The molecule has 0 saturated carbocycles. The highest BCUT2D eigenvalue weighted by Gasteiger charge is 2.26. The maximum Gasteiger partial charge on any atom is 0.147 e. The first-order valence-corrected chi connectivity index (χ1v) is 7.27. The highest BCUT2D eigenvalue weighted by atomic mass is 32.2. The van der Waals surface area contributed by atoms with Crippen LogP contribution in [0.3, 0.4) is 0 Å². The second kappa shape index (κ2) is 5.71. The van der Waals surface area contributed by atoms with Gasteiger partial charge >= 0.3 is 0 Å². The van der Waals surface area contributed by atoms with E-state index in [2.05, 4.69) is 19.2 Å². The van der Waals surface area contributed by atoms with Crippen molar-refractivity contribution in [3.63, 3.8) is 0 Å². The van der Waals surface area contributed by atoms with Gasteiger partial charge < -0.3 is 5.32 Å². The average Bonchev–Trinajstić information content (AvgIpc) is 2.11. The van der Waals surface area contributed by atoms with E-state index in [0.29, 0.717) is 5.75 Å². The third-order valence-electron chi connectivity index (χ3n) is 3.05. The van der Waals surface area contributed by atoms with Gasteiger partial charge in [-0.3, -0.25) is 0 Å². The molecule has 0 amide bonds. The largest absolute Gasteiger partial charge is 0.319 e. The van der Waals surface area contributed by atoms with Crippen LogP contribution in [-0.4, -0.2) is 34.0 Å². The van der Waals surface area contributed by atoms with Gasteiger partial charge in [-0.15, -0.1) is 0 Å². The highest BCUT2D eigenvalue weighted by Crippen LogP contribution is 2.30. The fraction of sp³-hybridized carbons (Fsp3) is 1.00. The molecule has 0 aliphatic heterocycles. The summed E-state index contributed by atoms with van der Waals surface area (Å²) in [6.45, 7) is 5.15. The molecule has 0 aromatic heterocycles. The van der Waals surface area contributed by atoms with Crippen LogP contribution in [0.15, 0.2) is 0 Å². The van der Waals surface area contributed by atoms with Crippen LogP contribution in [0.4, 0.5) is 0 Å². The van der Waals surface area contributed by atoms with Crippen molar-refractivity contribution >= 4 is 9.84 Å². The molecule has 0 atom stereocenters. The SMILES string of the molecule is CCC(CC)(CCS(C)(=O)=O)CNC. The molecule has 86 valence electrons. The molecule has 0 aliphatic carbocycles. The van der Waals surface area contributed by atoms with Crippen molar-refractivity contribution in [3.05, 3.63) is 0 Å². The Morgan fingerprint density at radius 1 is 1.21 bits per heavy atom. The summed E-state index contributed by atoms with van der Waals surface area (Å²) in [5.74, 6) is 0.302. The number of nitrogens with one attached hydrogen (secondary N) is 1. The Bertz CT molecular complexity index is 243. The van der Waals surface area contributed by atoms with Gasteiger partial charge in [0.15, 0.2) is 0 Å². The lowest BCUT2D eigenvalue weighted by molar-refractivity contribution is 0.246. The van der Waals surface area contributed by atoms with Crippen LogP contribution in [0.2, 0.25) is 0 Å². The topological polar surface area (TPSA) is 46.2 Å². The molecular formula is C10H23NO2S. The molecule has 0 aromatic carbocycles. The molecule has 0 rings (SSSR count). The van der Waals surface area contributed by atoms with E-state index in [1.807, 2.05) is 7.05 Å². The Morgan fingerprint density at radius 2 is 1.71 bits per heavy atom. The van der Waals surface area contributed by atoms with Gasteiger partial charge in [0.1, 0.15) is 9.84 Å². The predicted molar refractivity (Wildman–Crippen MR) is 61.3 cm³/mol. The number of sulfone groups is 1. The fourth-order valence-corrected chi connectivity index (χ4v) is 2.52. The average molecular weight is 221 g/mol. The quantitative estimate of drug-likeness (QED) is 0.708. The van der Waals surface area contributed by atoms with Crippen molar-refractivity contribution in [3.8, 4) is 0 Å².